The van der Waals surface area contributed by atoms with Crippen molar-refractivity contribution in [3.63, 3.8) is 0 Å². The summed E-state index contributed by atoms with van der Waals surface area (Å²) in [5.74, 6) is -0.354. The Kier molecular flexibility index (Phi) is 6.05. The van der Waals surface area contributed by atoms with Gasteiger partial charge in [0.05, 0.1) is 18.7 Å². The number of hydrogen-bond donors (Lipinski definition) is 2. The lowest BCUT2D eigenvalue weighted by Crippen LogP contribution is -2.43. The van der Waals surface area contributed by atoms with E-state index < -0.39 is 23.9 Å². The molecule has 5 nitrogen and oxygen atoms in total. The first-order chi connectivity index (χ1) is 13.1. The zero-order chi connectivity index (χ0) is 19.2. The summed E-state index contributed by atoms with van der Waals surface area (Å²) in [7, 11) is 0. The van der Waals surface area contributed by atoms with Gasteiger partial charge in [-0.15, -0.1) is 0 Å². The monoisotopic (exact) mass is 368 g/mol. The summed E-state index contributed by atoms with van der Waals surface area (Å²) in [6.45, 7) is 0.491. The highest BCUT2D eigenvalue weighted by Gasteiger charge is 2.23. The van der Waals surface area contributed by atoms with Crippen molar-refractivity contribution >= 4 is 5.91 Å². The molecule has 1 unspecified atom stereocenters. The number of benzene rings is 2. The molecule has 140 valence electrons. The number of rotatable bonds is 1. The van der Waals surface area contributed by atoms with E-state index in [-0.39, 0.29) is 11.1 Å². The van der Waals surface area contributed by atoms with Crippen LogP contribution in [-0.4, -0.2) is 29.8 Å². The molecular formula is C21H21FN2O3. The molecule has 0 saturated heterocycles. The van der Waals surface area contributed by atoms with Crippen LogP contribution in [0.15, 0.2) is 42.5 Å². The molecule has 2 N–H and O–H groups in total. The van der Waals surface area contributed by atoms with Gasteiger partial charge >= 0.3 is 0 Å². The molecule has 27 heavy (non-hydrogen) atoms. The summed E-state index contributed by atoms with van der Waals surface area (Å²) < 4.78 is 20.2. The number of ether oxygens (including phenoxy) is 1. The second-order valence-corrected chi connectivity index (χ2v) is 6.54. The molecule has 6 heteroatoms. The summed E-state index contributed by atoms with van der Waals surface area (Å²) in [4.78, 5) is 12.8. The third-order valence-corrected chi connectivity index (χ3v) is 4.66. The molecule has 2 aromatic rings. The van der Waals surface area contributed by atoms with Gasteiger partial charge in [0.2, 0.25) is 0 Å². The van der Waals surface area contributed by atoms with Gasteiger partial charge in [-0.05, 0) is 49.1 Å². The smallest absolute Gasteiger partial charge is 0.252 e. The van der Waals surface area contributed by atoms with Gasteiger partial charge < -0.3 is 15.2 Å². The van der Waals surface area contributed by atoms with Crippen molar-refractivity contribution in [3.05, 3.63) is 53.8 Å². The average molecular weight is 368 g/mol. The number of aliphatic hydroxyl groups excluding tert-OH is 1. The molecule has 2 bridgehead atoms. The quantitative estimate of drug-likeness (QED) is 0.756. The minimum absolute atomic E-state index is 0.271. The predicted molar refractivity (Wildman–Crippen MR) is 98.7 cm³/mol. The van der Waals surface area contributed by atoms with Crippen LogP contribution in [0.25, 0.3) is 11.1 Å². The lowest BCUT2D eigenvalue weighted by Gasteiger charge is -2.21. The first kappa shape index (κ1) is 18.9. The number of halogens is 1. The minimum atomic E-state index is -1.30. The van der Waals surface area contributed by atoms with Crippen LogP contribution in [0.2, 0.25) is 0 Å². The second kappa shape index (κ2) is 8.65. The minimum Gasteiger partial charge on any atom is -0.494 e. The van der Waals surface area contributed by atoms with Crippen molar-refractivity contribution in [1.29, 1.82) is 5.26 Å². The number of amides is 1. The van der Waals surface area contributed by atoms with Gasteiger partial charge in [0.1, 0.15) is 11.6 Å². The van der Waals surface area contributed by atoms with E-state index in [9.17, 15) is 14.3 Å². The molecule has 1 aliphatic rings. The van der Waals surface area contributed by atoms with Crippen LogP contribution in [-0.2, 0) is 0 Å². The highest BCUT2D eigenvalue weighted by Crippen LogP contribution is 2.30. The van der Waals surface area contributed by atoms with Crippen LogP contribution in [0.1, 0.15) is 36.0 Å². The molecule has 0 aromatic heterocycles. The molecule has 2 aromatic carbocycles. The maximum absolute atomic E-state index is 14.5. The van der Waals surface area contributed by atoms with Crippen molar-refractivity contribution in [2.45, 2.75) is 37.8 Å². The van der Waals surface area contributed by atoms with E-state index in [1.807, 2.05) is 0 Å². The van der Waals surface area contributed by atoms with Crippen LogP contribution in [0.4, 0.5) is 4.39 Å². The number of nitrogens with one attached hydrogen (secondary N) is 1. The maximum atomic E-state index is 14.5. The predicted octanol–water partition coefficient (Wildman–Crippen LogP) is 3.43. The third-order valence-electron chi connectivity index (χ3n) is 4.66. The Bertz CT molecular complexity index is 863. The first-order valence-corrected chi connectivity index (χ1v) is 9.00. The summed E-state index contributed by atoms with van der Waals surface area (Å²) >= 11 is 0. The van der Waals surface area contributed by atoms with Gasteiger partial charge in [0.15, 0.2) is 6.10 Å². The highest BCUT2D eigenvalue weighted by molar-refractivity contribution is 6.01. The van der Waals surface area contributed by atoms with Gasteiger partial charge in [-0.2, -0.15) is 5.26 Å². The van der Waals surface area contributed by atoms with E-state index in [1.54, 1.807) is 42.5 Å². The molecule has 0 saturated carbocycles. The second-order valence-electron chi connectivity index (χ2n) is 6.54. The fourth-order valence-corrected chi connectivity index (χ4v) is 3.19. The summed E-state index contributed by atoms with van der Waals surface area (Å²) in [6.07, 6.45) is 1.53. The number of carbonyl (C=O) groups excluding carboxylic acids is 1. The number of fused-ring (bicyclic) bond motifs is 4. The van der Waals surface area contributed by atoms with E-state index in [0.717, 1.165) is 19.3 Å². The molecule has 2 atom stereocenters. The van der Waals surface area contributed by atoms with Crippen molar-refractivity contribution < 1.29 is 19.0 Å². The highest BCUT2D eigenvalue weighted by atomic mass is 19.1. The van der Waals surface area contributed by atoms with Gasteiger partial charge in [-0.3, -0.25) is 4.79 Å². The van der Waals surface area contributed by atoms with Crippen molar-refractivity contribution in [2.75, 3.05) is 6.61 Å². The number of carbonyl (C=O) groups is 1. The standard InChI is InChI=1S/C21H21FN2O3/c22-18-10-9-14-12-17(18)15-6-3-4-7-16(15)21(26)24-19(20(25)13-23)8-2-1-5-11-27-14/h3-4,6-7,9-10,12,19-20,25H,1-2,5,8,11H2,(H,24,26)/t19-,20?/m0/s1. The van der Waals surface area contributed by atoms with E-state index >= 15 is 0 Å². The lowest BCUT2D eigenvalue weighted by molar-refractivity contribution is 0.0881. The zero-order valence-corrected chi connectivity index (χ0v) is 14.8. The summed E-state index contributed by atoms with van der Waals surface area (Å²) in [6, 6.07) is 12.3. The number of aliphatic hydroxyl groups is 1. The van der Waals surface area contributed by atoms with Crippen LogP contribution in [0, 0.1) is 17.1 Å². The zero-order valence-electron chi connectivity index (χ0n) is 14.8. The van der Waals surface area contributed by atoms with Gasteiger partial charge in [-0.25, -0.2) is 4.39 Å². The van der Waals surface area contributed by atoms with Crippen molar-refractivity contribution in [1.82, 2.24) is 5.32 Å². The average Bonchev–Trinajstić information content (AvgIpc) is 2.69. The molecule has 1 heterocycles. The van der Waals surface area contributed by atoms with E-state index in [2.05, 4.69) is 5.32 Å². The molecule has 0 aliphatic carbocycles. The number of hydrogen-bond acceptors (Lipinski definition) is 4. The Hall–Kier alpha value is -2.91. The van der Waals surface area contributed by atoms with Gasteiger partial charge in [0, 0.05) is 11.1 Å². The molecule has 3 rings (SSSR count). The van der Waals surface area contributed by atoms with Gasteiger partial charge in [-0.1, -0.05) is 24.6 Å². The molecule has 0 radical (unpaired) electrons. The van der Waals surface area contributed by atoms with E-state index in [4.69, 9.17) is 10.00 Å². The Balaban J connectivity index is 2.04. The number of nitriles is 1. The SMILES string of the molecule is N#CC(O)[C@@H]1CCCCCOc2ccc(F)c(c2)-c2ccccc2C(=O)N1. The summed E-state index contributed by atoms with van der Waals surface area (Å²) in [5, 5.41) is 21.7. The Morgan fingerprint density at radius 3 is 2.70 bits per heavy atom. The fourth-order valence-electron chi connectivity index (χ4n) is 3.19. The maximum Gasteiger partial charge on any atom is 0.252 e. The Labute approximate surface area is 157 Å². The number of nitrogens with zero attached hydrogens (tertiary/aromatic N) is 1. The van der Waals surface area contributed by atoms with Crippen molar-refractivity contribution in [3.8, 4) is 22.9 Å². The molecule has 0 fully saturated rings. The van der Waals surface area contributed by atoms with E-state index in [1.165, 1.54) is 6.07 Å². The largest absolute Gasteiger partial charge is 0.494 e. The summed E-state index contributed by atoms with van der Waals surface area (Å²) in [5.41, 5.74) is 0.980. The first-order valence-electron chi connectivity index (χ1n) is 9.00. The molecule has 0 spiro atoms. The van der Waals surface area contributed by atoms with E-state index in [0.29, 0.717) is 24.3 Å². The Morgan fingerprint density at radius 1 is 1.15 bits per heavy atom. The van der Waals surface area contributed by atoms with Crippen LogP contribution >= 0.6 is 0 Å². The lowest BCUT2D eigenvalue weighted by atomic mass is 9.97. The van der Waals surface area contributed by atoms with Gasteiger partial charge in [0.25, 0.3) is 5.91 Å². The van der Waals surface area contributed by atoms with Crippen LogP contribution < -0.4 is 10.1 Å². The molecular weight excluding hydrogens is 347 g/mol. The topological polar surface area (TPSA) is 82.3 Å². The third kappa shape index (κ3) is 4.44. The molecule has 1 amide bonds. The van der Waals surface area contributed by atoms with Crippen LogP contribution in [0.5, 0.6) is 5.75 Å². The normalized spacial score (nSPS) is 18.9. The fraction of sp³-hybridized carbons (Fsp3) is 0.333. The van der Waals surface area contributed by atoms with Crippen molar-refractivity contribution in [2.24, 2.45) is 0 Å². The van der Waals surface area contributed by atoms with Crippen LogP contribution in [0.3, 0.4) is 0 Å². The molecule has 1 aliphatic heterocycles. The Morgan fingerprint density at radius 2 is 1.93 bits per heavy atom.